The molecule has 118 valence electrons. The molecule has 2 saturated carbocycles. The highest BCUT2D eigenvalue weighted by molar-refractivity contribution is 5.85. The Balaban J connectivity index is 0.00000200. The fourth-order valence-electron chi connectivity index (χ4n) is 3.85. The number of nitrogens with two attached hydrogens (primary N) is 1. The van der Waals surface area contributed by atoms with Gasteiger partial charge in [-0.05, 0) is 50.4 Å². The Labute approximate surface area is 129 Å². The van der Waals surface area contributed by atoms with Gasteiger partial charge in [0.1, 0.15) is 0 Å². The first-order valence-corrected chi connectivity index (χ1v) is 8.24. The molecule has 4 heteroatoms. The van der Waals surface area contributed by atoms with E-state index >= 15 is 0 Å². The summed E-state index contributed by atoms with van der Waals surface area (Å²) >= 11 is 0. The number of nitrogens with one attached hydrogen (secondary N) is 1. The van der Waals surface area contributed by atoms with E-state index in [0.29, 0.717) is 18.4 Å². The first kappa shape index (κ1) is 17.8. The molecule has 0 saturated heterocycles. The molecule has 2 aliphatic rings. The lowest BCUT2D eigenvalue weighted by Crippen LogP contribution is -2.39. The topological polar surface area (TPSA) is 55.1 Å². The predicted molar refractivity (Wildman–Crippen MR) is 86.0 cm³/mol. The summed E-state index contributed by atoms with van der Waals surface area (Å²) in [6, 6.07) is 0.685. The summed E-state index contributed by atoms with van der Waals surface area (Å²) in [6.07, 6.45) is 11.7. The van der Waals surface area contributed by atoms with Crippen LogP contribution in [0.2, 0.25) is 0 Å². The average molecular weight is 303 g/mol. The van der Waals surface area contributed by atoms with Crippen LogP contribution in [0.25, 0.3) is 0 Å². The molecule has 0 unspecified atom stereocenters. The maximum atomic E-state index is 12.1. The number of halogens is 1. The Bertz CT molecular complexity index is 290. The van der Waals surface area contributed by atoms with Crippen LogP contribution in [0.3, 0.4) is 0 Å². The number of amides is 1. The van der Waals surface area contributed by atoms with Crippen molar-refractivity contribution < 1.29 is 4.79 Å². The lowest BCUT2D eigenvalue weighted by molar-refractivity contribution is -0.123. The Kier molecular flexibility index (Phi) is 7.90. The molecular formula is C16H31ClN2O. The van der Waals surface area contributed by atoms with Gasteiger partial charge in [-0.3, -0.25) is 4.79 Å². The number of hydrogen-bond acceptors (Lipinski definition) is 2. The SMILES string of the molecule is CCCC1CCC(NC(=O)C[C@@H]2CCC[C@H]2N)CC1.Cl. The molecule has 20 heavy (non-hydrogen) atoms. The highest BCUT2D eigenvalue weighted by Crippen LogP contribution is 2.29. The van der Waals surface area contributed by atoms with Crippen LogP contribution in [0, 0.1) is 11.8 Å². The van der Waals surface area contributed by atoms with Crippen LogP contribution in [-0.2, 0) is 4.79 Å². The van der Waals surface area contributed by atoms with Crippen molar-refractivity contribution in [2.45, 2.75) is 83.2 Å². The fraction of sp³-hybridized carbons (Fsp3) is 0.938. The second kappa shape index (κ2) is 8.89. The van der Waals surface area contributed by atoms with Crippen molar-refractivity contribution in [2.75, 3.05) is 0 Å². The molecule has 0 aromatic heterocycles. The summed E-state index contributed by atoms with van der Waals surface area (Å²) in [5.41, 5.74) is 6.03. The van der Waals surface area contributed by atoms with Gasteiger partial charge in [-0.2, -0.15) is 0 Å². The van der Waals surface area contributed by atoms with E-state index in [1.54, 1.807) is 0 Å². The van der Waals surface area contributed by atoms with Crippen LogP contribution >= 0.6 is 12.4 Å². The number of carbonyl (C=O) groups is 1. The van der Waals surface area contributed by atoms with Gasteiger partial charge in [-0.15, -0.1) is 12.4 Å². The third-order valence-corrected chi connectivity index (χ3v) is 5.07. The van der Waals surface area contributed by atoms with Crippen molar-refractivity contribution in [3.63, 3.8) is 0 Å². The smallest absolute Gasteiger partial charge is 0.220 e. The molecule has 2 fully saturated rings. The van der Waals surface area contributed by atoms with E-state index in [9.17, 15) is 4.79 Å². The van der Waals surface area contributed by atoms with Crippen LogP contribution in [0.4, 0.5) is 0 Å². The molecule has 3 nitrogen and oxygen atoms in total. The van der Waals surface area contributed by atoms with Crippen LogP contribution in [0.5, 0.6) is 0 Å². The summed E-state index contributed by atoms with van der Waals surface area (Å²) in [6.45, 7) is 2.26. The molecule has 0 aromatic rings. The van der Waals surface area contributed by atoms with Crippen molar-refractivity contribution in [2.24, 2.45) is 17.6 Å². The molecular weight excluding hydrogens is 272 g/mol. The molecule has 3 N–H and O–H groups in total. The van der Waals surface area contributed by atoms with Gasteiger partial charge in [0.05, 0.1) is 0 Å². The molecule has 1 amide bonds. The quantitative estimate of drug-likeness (QED) is 0.818. The summed E-state index contributed by atoms with van der Waals surface area (Å²) in [7, 11) is 0. The molecule has 0 heterocycles. The summed E-state index contributed by atoms with van der Waals surface area (Å²) < 4.78 is 0. The molecule has 0 radical (unpaired) electrons. The van der Waals surface area contributed by atoms with Crippen LogP contribution in [-0.4, -0.2) is 18.0 Å². The first-order chi connectivity index (χ1) is 9.19. The second-order valence-electron chi connectivity index (χ2n) is 6.63. The maximum Gasteiger partial charge on any atom is 0.220 e. The van der Waals surface area contributed by atoms with Crippen molar-refractivity contribution in [1.29, 1.82) is 0 Å². The van der Waals surface area contributed by atoms with Gasteiger partial charge in [0.2, 0.25) is 5.91 Å². The van der Waals surface area contributed by atoms with E-state index in [1.165, 1.54) is 44.9 Å². The normalized spacial score (nSPS) is 33.5. The van der Waals surface area contributed by atoms with Gasteiger partial charge < -0.3 is 11.1 Å². The highest BCUT2D eigenvalue weighted by Gasteiger charge is 2.27. The zero-order valence-electron chi connectivity index (χ0n) is 12.8. The molecule has 0 spiro atoms. The average Bonchev–Trinajstić information content (AvgIpc) is 2.78. The Morgan fingerprint density at radius 2 is 1.85 bits per heavy atom. The number of hydrogen-bond donors (Lipinski definition) is 2. The van der Waals surface area contributed by atoms with Crippen molar-refractivity contribution in [3.8, 4) is 0 Å². The van der Waals surface area contributed by atoms with Crippen molar-refractivity contribution in [3.05, 3.63) is 0 Å². The van der Waals surface area contributed by atoms with Gasteiger partial charge in [-0.25, -0.2) is 0 Å². The molecule has 0 aliphatic heterocycles. The maximum absolute atomic E-state index is 12.1. The minimum atomic E-state index is 0. The Hall–Kier alpha value is -0.280. The van der Waals surface area contributed by atoms with Crippen molar-refractivity contribution >= 4 is 18.3 Å². The minimum absolute atomic E-state index is 0. The molecule has 0 bridgehead atoms. The largest absolute Gasteiger partial charge is 0.353 e. The van der Waals surface area contributed by atoms with Crippen LogP contribution < -0.4 is 11.1 Å². The summed E-state index contributed by atoms with van der Waals surface area (Å²) in [5.74, 6) is 1.57. The Morgan fingerprint density at radius 3 is 2.40 bits per heavy atom. The zero-order chi connectivity index (χ0) is 13.7. The zero-order valence-corrected chi connectivity index (χ0v) is 13.6. The van der Waals surface area contributed by atoms with E-state index in [0.717, 1.165) is 18.8 Å². The van der Waals surface area contributed by atoms with Gasteiger partial charge in [-0.1, -0.05) is 26.2 Å². The predicted octanol–water partition coefficient (Wildman–Crippen LogP) is 3.40. The van der Waals surface area contributed by atoms with Crippen molar-refractivity contribution in [1.82, 2.24) is 5.32 Å². The third kappa shape index (κ3) is 5.25. The highest BCUT2D eigenvalue weighted by atomic mass is 35.5. The summed E-state index contributed by atoms with van der Waals surface area (Å²) in [5, 5.41) is 3.23. The fourth-order valence-corrected chi connectivity index (χ4v) is 3.85. The van der Waals surface area contributed by atoms with E-state index in [-0.39, 0.29) is 24.4 Å². The van der Waals surface area contributed by atoms with E-state index in [2.05, 4.69) is 12.2 Å². The number of carbonyl (C=O) groups excluding carboxylic acids is 1. The standard InChI is InChI=1S/C16H30N2O.ClH/c1-2-4-12-7-9-14(10-8-12)18-16(19)11-13-5-3-6-15(13)17;/h12-15H,2-11,17H2,1H3,(H,18,19);1H/t12?,13-,14?,15+;/m0./s1. The first-order valence-electron chi connectivity index (χ1n) is 8.24. The van der Waals surface area contributed by atoms with E-state index in [4.69, 9.17) is 5.73 Å². The number of rotatable bonds is 5. The summed E-state index contributed by atoms with van der Waals surface area (Å²) in [4.78, 5) is 12.1. The molecule has 2 aliphatic carbocycles. The Morgan fingerprint density at radius 1 is 1.15 bits per heavy atom. The molecule has 2 atom stereocenters. The van der Waals surface area contributed by atoms with Gasteiger partial charge >= 0.3 is 0 Å². The van der Waals surface area contributed by atoms with Gasteiger partial charge in [0, 0.05) is 18.5 Å². The third-order valence-electron chi connectivity index (χ3n) is 5.07. The minimum Gasteiger partial charge on any atom is -0.353 e. The lowest BCUT2D eigenvalue weighted by atomic mass is 9.83. The van der Waals surface area contributed by atoms with E-state index < -0.39 is 0 Å². The molecule has 0 aromatic carbocycles. The van der Waals surface area contributed by atoms with Crippen LogP contribution in [0.15, 0.2) is 0 Å². The monoisotopic (exact) mass is 302 g/mol. The van der Waals surface area contributed by atoms with Gasteiger partial charge in [0.15, 0.2) is 0 Å². The van der Waals surface area contributed by atoms with E-state index in [1.807, 2.05) is 0 Å². The molecule has 2 rings (SSSR count). The van der Waals surface area contributed by atoms with Crippen LogP contribution in [0.1, 0.15) is 71.1 Å². The van der Waals surface area contributed by atoms with Gasteiger partial charge in [0.25, 0.3) is 0 Å². The lowest BCUT2D eigenvalue weighted by Gasteiger charge is -2.29. The second-order valence-corrected chi connectivity index (χ2v) is 6.63.